The molecule has 0 radical (unpaired) electrons. The number of nitrogens with zero attached hydrogens (tertiary/aromatic N) is 3. The van der Waals surface area contributed by atoms with Gasteiger partial charge in [0, 0.05) is 24.7 Å². The van der Waals surface area contributed by atoms with Gasteiger partial charge in [0.05, 0.1) is 12.1 Å². The van der Waals surface area contributed by atoms with Crippen LogP contribution < -0.4 is 10.1 Å². The van der Waals surface area contributed by atoms with Crippen LogP contribution in [-0.4, -0.2) is 32.8 Å². The highest BCUT2D eigenvalue weighted by molar-refractivity contribution is 5.76. The SMILES string of the molecule is CC(C)CN(Cc1c(-c2ccccc2)nn(C)c1Oc1ccc(F)cc1)C(=O)NC(C)(C)C. The van der Waals surface area contributed by atoms with Gasteiger partial charge in [-0.05, 0) is 51.0 Å². The third-order valence-corrected chi connectivity index (χ3v) is 4.87. The predicted octanol–water partition coefficient (Wildman–Crippen LogP) is 5.98. The van der Waals surface area contributed by atoms with Gasteiger partial charge in [0.15, 0.2) is 0 Å². The van der Waals surface area contributed by atoms with Crippen molar-refractivity contribution >= 4 is 6.03 Å². The minimum atomic E-state index is -0.364. The van der Waals surface area contributed by atoms with E-state index in [1.54, 1.807) is 28.8 Å². The molecule has 2 aromatic carbocycles. The molecule has 0 fully saturated rings. The number of hydrogen-bond acceptors (Lipinski definition) is 3. The Hall–Kier alpha value is -3.35. The van der Waals surface area contributed by atoms with E-state index in [0.29, 0.717) is 24.7 Å². The average Bonchev–Trinajstić information content (AvgIpc) is 3.03. The number of halogens is 1. The van der Waals surface area contributed by atoms with Crippen LogP contribution in [0.5, 0.6) is 11.6 Å². The second kappa shape index (κ2) is 10.1. The lowest BCUT2D eigenvalue weighted by molar-refractivity contribution is 0.178. The molecule has 2 amide bonds. The van der Waals surface area contributed by atoms with Crippen LogP contribution in [0.2, 0.25) is 0 Å². The largest absolute Gasteiger partial charge is 0.439 e. The van der Waals surface area contributed by atoms with Crippen molar-refractivity contribution in [3.63, 3.8) is 0 Å². The molecule has 176 valence electrons. The van der Waals surface area contributed by atoms with Crippen molar-refractivity contribution in [3.8, 4) is 22.9 Å². The fourth-order valence-corrected chi connectivity index (χ4v) is 3.52. The first kappa shape index (κ1) is 24.3. The Morgan fingerprint density at radius 2 is 1.76 bits per heavy atom. The zero-order valence-electron chi connectivity index (χ0n) is 20.2. The maximum atomic E-state index is 13.4. The summed E-state index contributed by atoms with van der Waals surface area (Å²) in [5.74, 6) is 0.945. The van der Waals surface area contributed by atoms with E-state index in [9.17, 15) is 9.18 Å². The number of aromatic nitrogens is 2. The summed E-state index contributed by atoms with van der Waals surface area (Å²) in [6.07, 6.45) is 0. The molecule has 0 aliphatic heterocycles. The quantitative estimate of drug-likeness (QED) is 0.479. The molecule has 0 aliphatic carbocycles. The van der Waals surface area contributed by atoms with Crippen molar-refractivity contribution in [3.05, 3.63) is 66.0 Å². The van der Waals surface area contributed by atoms with Crippen molar-refractivity contribution in [1.29, 1.82) is 0 Å². The minimum absolute atomic E-state index is 0.146. The lowest BCUT2D eigenvalue weighted by atomic mass is 10.1. The third-order valence-electron chi connectivity index (χ3n) is 4.87. The van der Waals surface area contributed by atoms with Crippen LogP contribution in [0.1, 0.15) is 40.2 Å². The molecule has 6 nitrogen and oxygen atoms in total. The van der Waals surface area contributed by atoms with E-state index < -0.39 is 0 Å². The Kier molecular flexibility index (Phi) is 7.41. The van der Waals surface area contributed by atoms with Gasteiger partial charge in [-0.15, -0.1) is 0 Å². The van der Waals surface area contributed by atoms with Gasteiger partial charge in [0.25, 0.3) is 0 Å². The molecular weight excluding hydrogens is 419 g/mol. The molecule has 3 aromatic rings. The molecule has 0 atom stereocenters. The second-order valence-electron chi connectivity index (χ2n) is 9.63. The van der Waals surface area contributed by atoms with Crippen LogP contribution in [0.15, 0.2) is 54.6 Å². The van der Waals surface area contributed by atoms with Crippen LogP contribution >= 0.6 is 0 Å². The van der Waals surface area contributed by atoms with Crippen molar-refractivity contribution < 1.29 is 13.9 Å². The molecule has 0 bridgehead atoms. The van der Waals surface area contributed by atoms with E-state index in [4.69, 9.17) is 9.84 Å². The number of benzene rings is 2. The standard InChI is InChI=1S/C26H33FN4O2/c1-18(2)16-31(25(32)28-26(3,4)5)17-22-23(19-10-8-7-9-11-19)29-30(6)24(22)33-21-14-12-20(27)13-15-21/h7-15,18H,16-17H2,1-6H3,(H,28,32). The summed E-state index contributed by atoms with van der Waals surface area (Å²) in [7, 11) is 1.80. The monoisotopic (exact) mass is 452 g/mol. The Labute approximate surface area is 195 Å². The smallest absolute Gasteiger partial charge is 0.318 e. The Morgan fingerprint density at radius 3 is 2.33 bits per heavy atom. The molecule has 1 heterocycles. The van der Waals surface area contributed by atoms with Crippen molar-refractivity contribution in [2.24, 2.45) is 13.0 Å². The fraction of sp³-hybridized carbons (Fsp3) is 0.385. The van der Waals surface area contributed by atoms with Gasteiger partial charge in [-0.3, -0.25) is 0 Å². The number of urea groups is 1. The molecule has 33 heavy (non-hydrogen) atoms. The number of amides is 2. The van der Waals surface area contributed by atoms with Crippen molar-refractivity contribution in [1.82, 2.24) is 20.0 Å². The van der Waals surface area contributed by atoms with Gasteiger partial charge in [-0.2, -0.15) is 5.10 Å². The topological polar surface area (TPSA) is 59.4 Å². The Bertz CT molecular complexity index is 1070. The summed E-state index contributed by atoms with van der Waals surface area (Å²) in [4.78, 5) is 15.0. The van der Waals surface area contributed by atoms with E-state index in [0.717, 1.165) is 16.8 Å². The highest BCUT2D eigenvalue weighted by Gasteiger charge is 2.26. The number of nitrogens with one attached hydrogen (secondary N) is 1. The van der Waals surface area contributed by atoms with Gasteiger partial charge in [0.1, 0.15) is 17.3 Å². The molecular formula is C26H33FN4O2. The first-order valence-corrected chi connectivity index (χ1v) is 11.2. The number of ether oxygens (including phenoxy) is 1. The summed E-state index contributed by atoms with van der Waals surface area (Å²) < 4.78 is 21.2. The molecule has 0 aliphatic rings. The van der Waals surface area contributed by atoms with Crippen LogP contribution in [0.3, 0.4) is 0 Å². The molecule has 7 heteroatoms. The molecule has 0 saturated heterocycles. The number of hydrogen-bond donors (Lipinski definition) is 1. The van der Waals surface area contributed by atoms with E-state index in [1.165, 1.54) is 12.1 Å². The Morgan fingerprint density at radius 1 is 1.12 bits per heavy atom. The predicted molar refractivity (Wildman–Crippen MR) is 129 cm³/mol. The van der Waals surface area contributed by atoms with Gasteiger partial charge in [-0.25, -0.2) is 13.9 Å². The summed E-state index contributed by atoms with van der Waals surface area (Å²) in [6, 6.07) is 15.5. The first-order valence-electron chi connectivity index (χ1n) is 11.2. The summed E-state index contributed by atoms with van der Waals surface area (Å²) >= 11 is 0. The maximum Gasteiger partial charge on any atom is 0.318 e. The van der Waals surface area contributed by atoms with Crippen molar-refractivity contribution in [2.45, 2.75) is 46.7 Å². The maximum absolute atomic E-state index is 13.4. The van der Waals surface area contributed by atoms with Gasteiger partial charge in [0.2, 0.25) is 5.88 Å². The molecule has 0 spiro atoms. The highest BCUT2D eigenvalue weighted by atomic mass is 19.1. The lowest BCUT2D eigenvalue weighted by Gasteiger charge is -2.30. The van der Waals surface area contributed by atoms with E-state index in [-0.39, 0.29) is 23.3 Å². The Balaban J connectivity index is 2.05. The van der Waals surface area contributed by atoms with Crippen molar-refractivity contribution in [2.75, 3.05) is 6.54 Å². The van der Waals surface area contributed by atoms with E-state index in [2.05, 4.69) is 19.2 Å². The third kappa shape index (κ3) is 6.57. The van der Waals surface area contributed by atoms with E-state index in [1.807, 2.05) is 51.1 Å². The molecule has 0 saturated carbocycles. The minimum Gasteiger partial charge on any atom is -0.439 e. The van der Waals surface area contributed by atoms with Crippen LogP contribution in [0, 0.1) is 11.7 Å². The van der Waals surface area contributed by atoms with Gasteiger partial charge in [-0.1, -0.05) is 44.2 Å². The number of carbonyl (C=O) groups is 1. The van der Waals surface area contributed by atoms with Crippen LogP contribution in [0.4, 0.5) is 9.18 Å². The number of rotatable bonds is 7. The normalized spacial score (nSPS) is 11.5. The zero-order chi connectivity index (χ0) is 24.2. The number of aryl methyl sites for hydroxylation is 1. The van der Waals surface area contributed by atoms with Crippen LogP contribution in [0.25, 0.3) is 11.3 Å². The second-order valence-corrected chi connectivity index (χ2v) is 9.63. The van der Waals surface area contributed by atoms with E-state index >= 15 is 0 Å². The molecule has 1 aromatic heterocycles. The highest BCUT2D eigenvalue weighted by Crippen LogP contribution is 2.34. The first-order chi connectivity index (χ1) is 15.5. The summed E-state index contributed by atoms with van der Waals surface area (Å²) in [5.41, 5.74) is 2.10. The fourth-order valence-electron chi connectivity index (χ4n) is 3.52. The molecule has 0 unspecified atom stereocenters. The van der Waals surface area contributed by atoms with Gasteiger partial charge < -0.3 is 15.0 Å². The zero-order valence-corrected chi connectivity index (χ0v) is 20.2. The number of carbonyl (C=O) groups excluding carboxylic acids is 1. The summed E-state index contributed by atoms with van der Waals surface area (Å²) in [5, 5.41) is 7.78. The molecule has 3 rings (SSSR count). The van der Waals surface area contributed by atoms with Crippen LogP contribution in [-0.2, 0) is 13.6 Å². The lowest BCUT2D eigenvalue weighted by Crippen LogP contribution is -2.49. The van der Waals surface area contributed by atoms with Gasteiger partial charge >= 0.3 is 6.03 Å². The summed E-state index contributed by atoms with van der Waals surface area (Å²) in [6.45, 7) is 10.9. The molecule has 1 N–H and O–H groups in total. The average molecular weight is 453 g/mol.